The number of aromatic nitrogens is 1. The molecule has 3 rings (SSSR count). The van der Waals surface area contributed by atoms with Crippen LogP contribution in [-0.4, -0.2) is 15.9 Å². The van der Waals surface area contributed by atoms with E-state index in [0.717, 1.165) is 11.1 Å². The number of H-pyrrole nitrogens is 1. The molecule has 0 amide bonds. The van der Waals surface area contributed by atoms with Crippen LogP contribution in [0.2, 0.25) is 0 Å². The maximum absolute atomic E-state index is 12.3. The Balaban J connectivity index is 1.87. The number of rotatable bonds is 4. The molecule has 7 nitrogen and oxygen atoms in total. The van der Waals surface area contributed by atoms with Crippen LogP contribution >= 0.6 is 0 Å². The van der Waals surface area contributed by atoms with Crippen LogP contribution in [0.5, 0.6) is 5.75 Å². The Morgan fingerprint density at radius 1 is 1.04 bits per heavy atom. The standard InChI is InChI=1S/C19H14N2O5/c1-12-11-16(17(21(24)25)18(22)20-12)26-19(23)15-9-7-14(8-10-15)13-5-3-2-4-6-13/h2-11H,1H3,(H,20,22). The summed E-state index contributed by atoms with van der Waals surface area (Å²) in [5.41, 5.74) is 0.759. The van der Waals surface area contributed by atoms with Crippen LogP contribution in [-0.2, 0) is 0 Å². The van der Waals surface area contributed by atoms with E-state index in [1.54, 1.807) is 24.3 Å². The summed E-state index contributed by atoms with van der Waals surface area (Å²) in [6, 6.07) is 17.5. The number of nitrogens with zero attached hydrogens (tertiary/aromatic N) is 1. The van der Waals surface area contributed by atoms with Gasteiger partial charge < -0.3 is 9.72 Å². The normalized spacial score (nSPS) is 10.3. The van der Waals surface area contributed by atoms with E-state index < -0.39 is 22.1 Å². The summed E-state index contributed by atoms with van der Waals surface area (Å²) in [5, 5.41) is 11.1. The molecule has 0 radical (unpaired) electrons. The lowest BCUT2D eigenvalue weighted by Gasteiger charge is -2.07. The van der Waals surface area contributed by atoms with Crippen LogP contribution in [0.3, 0.4) is 0 Å². The van der Waals surface area contributed by atoms with Gasteiger partial charge >= 0.3 is 17.2 Å². The van der Waals surface area contributed by atoms with Gasteiger partial charge in [0.15, 0.2) is 0 Å². The molecule has 0 bridgehead atoms. The molecule has 0 fully saturated rings. The lowest BCUT2D eigenvalue weighted by atomic mass is 10.0. The SMILES string of the molecule is Cc1cc(OC(=O)c2ccc(-c3ccccc3)cc2)c([N+](=O)[O-])c(=O)[nH]1. The topological polar surface area (TPSA) is 102 Å². The number of nitrogens with one attached hydrogen (secondary N) is 1. The maximum atomic E-state index is 12.3. The molecule has 0 saturated carbocycles. The van der Waals surface area contributed by atoms with Crippen molar-refractivity contribution in [2.75, 3.05) is 0 Å². The van der Waals surface area contributed by atoms with Gasteiger partial charge in [-0.25, -0.2) is 4.79 Å². The van der Waals surface area contributed by atoms with Gasteiger partial charge in [0.05, 0.1) is 10.5 Å². The van der Waals surface area contributed by atoms with Crippen LogP contribution in [0, 0.1) is 17.0 Å². The van der Waals surface area contributed by atoms with Crippen LogP contribution in [0.4, 0.5) is 5.69 Å². The van der Waals surface area contributed by atoms with Crippen molar-refractivity contribution in [1.29, 1.82) is 0 Å². The van der Waals surface area contributed by atoms with Gasteiger partial charge in [0.2, 0.25) is 5.75 Å². The number of ether oxygens (including phenoxy) is 1. The second-order valence-electron chi connectivity index (χ2n) is 5.58. The number of carbonyl (C=O) groups excluding carboxylic acids is 1. The molecule has 0 aliphatic rings. The highest BCUT2D eigenvalue weighted by molar-refractivity contribution is 5.92. The molecular weight excluding hydrogens is 336 g/mol. The van der Waals surface area contributed by atoms with Crippen molar-refractivity contribution in [3.8, 4) is 16.9 Å². The average molecular weight is 350 g/mol. The summed E-state index contributed by atoms with van der Waals surface area (Å²) in [6.45, 7) is 1.54. The highest BCUT2D eigenvalue weighted by Crippen LogP contribution is 2.24. The minimum Gasteiger partial charge on any atom is -0.415 e. The van der Waals surface area contributed by atoms with Gasteiger partial charge in [-0.15, -0.1) is 0 Å². The van der Waals surface area contributed by atoms with E-state index in [0.29, 0.717) is 5.69 Å². The van der Waals surface area contributed by atoms with Crippen molar-refractivity contribution in [2.45, 2.75) is 6.92 Å². The minimum absolute atomic E-state index is 0.219. The number of esters is 1. The fraction of sp³-hybridized carbons (Fsp3) is 0.0526. The Morgan fingerprint density at radius 3 is 2.27 bits per heavy atom. The fourth-order valence-corrected chi connectivity index (χ4v) is 2.49. The van der Waals surface area contributed by atoms with Gasteiger partial charge in [-0.1, -0.05) is 42.5 Å². The monoisotopic (exact) mass is 350 g/mol. The van der Waals surface area contributed by atoms with E-state index in [9.17, 15) is 19.7 Å². The number of aryl methyl sites for hydroxylation is 1. The second-order valence-corrected chi connectivity index (χ2v) is 5.58. The zero-order valence-corrected chi connectivity index (χ0v) is 13.8. The molecule has 130 valence electrons. The molecule has 1 aromatic heterocycles. The predicted molar refractivity (Wildman–Crippen MR) is 95.3 cm³/mol. The third kappa shape index (κ3) is 3.51. The van der Waals surface area contributed by atoms with Crippen molar-refractivity contribution in [1.82, 2.24) is 4.98 Å². The molecule has 0 aliphatic heterocycles. The van der Waals surface area contributed by atoms with Gasteiger partial charge in [0.25, 0.3) is 0 Å². The van der Waals surface area contributed by atoms with Crippen molar-refractivity contribution in [3.05, 3.63) is 92.4 Å². The first-order valence-corrected chi connectivity index (χ1v) is 7.71. The number of hydrogen-bond acceptors (Lipinski definition) is 5. The molecule has 1 heterocycles. The summed E-state index contributed by atoms with van der Waals surface area (Å²) in [6.07, 6.45) is 0. The number of nitro groups is 1. The van der Waals surface area contributed by atoms with Gasteiger partial charge in [-0.3, -0.25) is 14.9 Å². The molecule has 0 atom stereocenters. The van der Waals surface area contributed by atoms with E-state index in [4.69, 9.17) is 4.74 Å². The average Bonchev–Trinajstić information content (AvgIpc) is 2.61. The minimum atomic E-state index is -0.919. The van der Waals surface area contributed by atoms with Gasteiger partial charge in [-0.2, -0.15) is 0 Å². The predicted octanol–water partition coefficient (Wildman–Crippen LogP) is 3.48. The second kappa shape index (κ2) is 7.02. The first-order valence-electron chi connectivity index (χ1n) is 7.71. The lowest BCUT2D eigenvalue weighted by Crippen LogP contribution is -2.17. The van der Waals surface area contributed by atoms with E-state index in [-0.39, 0.29) is 11.3 Å². The molecule has 26 heavy (non-hydrogen) atoms. The molecule has 7 heteroatoms. The van der Waals surface area contributed by atoms with Gasteiger partial charge in [0.1, 0.15) is 0 Å². The Hall–Kier alpha value is -3.74. The summed E-state index contributed by atoms with van der Waals surface area (Å²) in [4.78, 5) is 36.5. The van der Waals surface area contributed by atoms with Crippen molar-refractivity contribution in [2.24, 2.45) is 0 Å². The summed E-state index contributed by atoms with van der Waals surface area (Å²) < 4.78 is 5.10. The number of hydrogen-bond donors (Lipinski definition) is 1. The van der Waals surface area contributed by atoms with Crippen molar-refractivity contribution < 1.29 is 14.5 Å². The smallest absolute Gasteiger partial charge is 0.376 e. The van der Waals surface area contributed by atoms with E-state index in [1.807, 2.05) is 30.3 Å². The molecule has 0 saturated heterocycles. The number of benzene rings is 2. The van der Waals surface area contributed by atoms with E-state index in [1.165, 1.54) is 13.0 Å². The summed E-state index contributed by atoms with van der Waals surface area (Å²) >= 11 is 0. The molecule has 1 N–H and O–H groups in total. The van der Waals surface area contributed by atoms with Crippen molar-refractivity contribution >= 4 is 11.7 Å². The summed E-state index contributed by atoms with van der Waals surface area (Å²) in [5.74, 6) is -1.16. The Labute approximate surface area is 148 Å². The Morgan fingerprint density at radius 2 is 1.65 bits per heavy atom. The lowest BCUT2D eigenvalue weighted by molar-refractivity contribution is -0.387. The fourth-order valence-electron chi connectivity index (χ4n) is 2.49. The van der Waals surface area contributed by atoms with Gasteiger partial charge in [0, 0.05) is 11.8 Å². The molecule has 3 aromatic rings. The number of pyridine rings is 1. The highest BCUT2D eigenvalue weighted by Gasteiger charge is 2.24. The zero-order chi connectivity index (χ0) is 18.7. The highest BCUT2D eigenvalue weighted by atomic mass is 16.6. The van der Waals surface area contributed by atoms with Gasteiger partial charge in [-0.05, 0) is 30.2 Å². The quantitative estimate of drug-likeness (QED) is 0.441. The Bertz CT molecular complexity index is 1020. The Kier molecular flexibility index (Phi) is 4.62. The van der Waals surface area contributed by atoms with Crippen LogP contribution in [0.15, 0.2) is 65.5 Å². The van der Waals surface area contributed by atoms with E-state index in [2.05, 4.69) is 4.98 Å². The third-order valence-electron chi connectivity index (χ3n) is 3.72. The maximum Gasteiger partial charge on any atom is 0.376 e. The molecule has 0 unspecified atom stereocenters. The van der Waals surface area contributed by atoms with Crippen molar-refractivity contribution in [3.63, 3.8) is 0 Å². The van der Waals surface area contributed by atoms with E-state index >= 15 is 0 Å². The summed E-state index contributed by atoms with van der Waals surface area (Å²) in [7, 11) is 0. The molecule has 2 aromatic carbocycles. The van der Waals surface area contributed by atoms with Crippen LogP contribution in [0.1, 0.15) is 16.1 Å². The van der Waals surface area contributed by atoms with Crippen LogP contribution in [0.25, 0.3) is 11.1 Å². The first kappa shape index (κ1) is 17.1. The third-order valence-corrected chi connectivity index (χ3v) is 3.72. The molecule has 0 aliphatic carbocycles. The largest absolute Gasteiger partial charge is 0.415 e. The first-order chi connectivity index (χ1) is 12.5. The molecule has 0 spiro atoms. The van der Waals surface area contributed by atoms with Crippen LogP contribution < -0.4 is 10.3 Å². The zero-order valence-electron chi connectivity index (χ0n) is 13.8. The molecular formula is C19H14N2O5. The number of carbonyl (C=O) groups is 1. The number of aromatic amines is 1.